The molecular formula is C23H19ClN4O4S. The molecule has 1 fully saturated rings. The van der Waals surface area contributed by atoms with Crippen molar-refractivity contribution in [3.05, 3.63) is 71.5 Å². The highest BCUT2D eigenvalue weighted by atomic mass is 35.5. The minimum atomic E-state index is -3.47. The number of fused-ring (bicyclic) bond motifs is 1. The van der Waals surface area contributed by atoms with Gasteiger partial charge in [0.1, 0.15) is 0 Å². The van der Waals surface area contributed by atoms with Crippen LogP contribution in [0.2, 0.25) is 5.02 Å². The second-order valence-electron chi connectivity index (χ2n) is 7.88. The first-order valence-electron chi connectivity index (χ1n) is 10.2. The number of hydrogen-bond acceptors (Lipinski definition) is 6. The molecule has 0 amide bonds. The molecule has 1 aliphatic carbocycles. The molecule has 1 aliphatic heterocycles. The largest absolute Gasteiger partial charge is 0.478 e. The normalized spacial score (nSPS) is 17.5. The molecule has 5 rings (SSSR count). The summed E-state index contributed by atoms with van der Waals surface area (Å²) < 4.78 is 27.5. The van der Waals surface area contributed by atoms with Crippen LogP contribution in [0, 0.1) is 0 Å². The van der Waals surface area contributed by atoms with Crippen molar-refractivity contribution in [1.82, 2.24) is 4.98 Å². The molecule has 3 aromatic rings. The van der Waals surface area contributed by atoms with E-state index in [0.717, 1.165) is 5.56 Å². The van der Waals surface area contributed by atoms with Crippen LogP contribution in [0.4, 0.5) is 17.1 Å². The Balaban J connectivity index is 1.64. The maximum atomic E-state index is 12.5. The molecule has 2 heterocycles. The monoisotopic (exact) mass is 482 g/mol. The molecule has 2 aliphatic rings. The standard InChI is InChI=1S/C23H19ClN4O4S/c24-16-4-1-14(2-5-16)19-13-25-10-9-20(19)28-21-11-17(27-33(31,32)18-7-8-18)6-3-15(21)12-26-22(28)23(29)30/h1-6,9-13,18,22,27H,7-8H2,(H,29,30). The molecular weight excluding hydrogens is 464 g/mol. The van der Waals surface area contributed by atoms with Crippen LogP contribution in [-0.2, 0) is 14.8 Å². The van der Waals surface area contributed by atoms with Crippen LogP contribution < -0.4 is 9.62 Å². The van der Waals surface area contributed by atoms with E-state index in [1.165, 1.54) is 6.21 Å². The lowest BCUT2D eigenvalue weighted by molar-refractivity contribution is -0.138. The van der Waals surface area contributed by atoms with Gasteiger partial charge in [-0.3, -0.25) is 14.7 Å². The van der Waals surface area contributed by atoms with Gasteiger partial charge in [-0.2, -0.15) is 0 Å². The summed E-state index contributed by atoms with van der Waals surface area (Å²) in [7, 11) is -3.47. The van der Waals surface area contributed by atoms with Crippen molar-refractivity contribution in [3.63, 3.8) is 0 Å². The molecule has 1 atom stereocenters. The fourth-order valence-electron chi connectivity index (χ4n) is 3.78. The number of halogens is 1. The molecule has 0 radical (unpaired) electrons. The number of rotatable bonds is 6. The first-order valence-corrected chi connectivity index (χ1v) is 12.2. The summed E-state index contributed by atoms with van der Waals surface area (Å²) in [5.74, 6) is -1.14. The summed E-state index contributed by atoms with van der Waals surface area (Å²) in [5, 5.41) is 10.1. The topological polar surface area (TPSA) is 112 Å². The van der Waals surface area contributed by atoms with Crippen LogP contribution in [0.15, 0.2) is 65.9 Å². The maximum Gasteiger partial charge on any atom is 0.349 e. The quantitative estimate of drug-likeness (QED) is 0.542. The van der Waals surface area contributed by atoms with Gasteiger partial charge in [-0.05, 0) is 54.8 Å². The summed E-state index contributed by atoms with van der Waals surface area (Å²) in [6, 6.07) is 13.9. The van der Waals surface area contributed by atoms with Crippen molar-refractivity contribution < 1.29 is 18.3 Å². The third-order valence-corrected chi connectivity index (χ3v) is 7.67. The zero-order valence-corrected chi connectivity index (χ0v) is 18.8. The van der Waals surface area contributed by atoms with Crippen molar-refractivity contribution >= 4 is 50.9 Å². The lowest BCUT2D eigenvalue weighted by Crippen LogP contribution is -2.39. The number of hydrogen-bond donors (Lipinski definition) is 2. The van der Waals surface area contributed by atoms with Gasteiger partial charge in [0.25, 0.3) is 0 Å². The van der Waals surface area contributed by atoms with E-state index in [1.807, 2.05) is 12.1 Å². The molecule has 2 N–H and O–H groups in total. The smallest absolute Gasteiger partial charge is 0.349 e. The van der Waals surface area contributed by atoms with Crippen LogP contribution >= 0.6 is 11.6 Å². The van der Waals surface area contributed by atoms with Crippen LogP contribution in [0.25, 0.3) is 11.1 Å². The van der Waals surface area contributed by atoms with E-state index in [9.17, 15) is 18.3 Å². The molecule has 1 aromatic heterocycles. The molecule has 2 aromatic carbocycles. The molecule has 10 heteroatoms. The van der Waals surface area contributed by atoms with Gasteiger partial charge < -0.3 is 10.0 Å². The Morgan fingerprint density at radius 2 is 1.85 bits per heavy atom. The average Bonchev–Trinajstić information content (AvgIpc) is 3.65. The second-order valence-corrected chi connectivity index (χ2v) is 10.3. The summed E-state index contributed by atoms with van der Waals surface area (Å²) in [6.45, 7) is 0. The summed E-state index contributed by atoms with van der Waals surface area (Å²) in [4.78, 5) is 22.2. The number of pyridine rings is 1. The molecule has 0 bridgehead atoms. The van der Waals surface area contributed by atoms with Gasteiger partial charge in [0.15, 0.2) is 0 Å². The van der Waals surface area contributed by atoms with Crippen LogP contribution in [0.3, 0.4) is 0 Å². The Hall–Kier alpha value is -3.43. The number of benzene rings is 2. The predicted octanol–water partition coefficient (Wildman–Crippen LogP) is 4.29. The fourth-order valence-corrected chi connectivity index (χ4v) is 5.29. The van der Waals surface area contributed by atoms with E-state index in [0.29, 0.717) is 46.1 Å². The Morgan fingerprint density at radius 1 is 1.09 bits per heavy atom. The molecule has 0 spiro atoms. The zero-order valence-electron chi connectivity index (χ0n) is 17.2. The number of anilines is 3. The highest BCUT2D eigenvalue weighted by Gasteiger charge is 2.36. The Bertz CT molecular complexity index is 1370. The van der Waals surface area contributed by atoms with Crippen LogP contribution in [0.1, 0.15) is 18.4 Å². The van der Waals surface area contributed by atoms with Gasteiger partial charge in [-0.1, -0.05) is 23.7 Å². The molecule has 168 valence electrons. The van der Waals surface area contributed by atoms with E-state index in [2.05, 4.69) is 14.7 Å². The van der Waals surface area contributed by atoms with Gasteiger partial charge in [0, 0.05) is 34.8 Å². The number of carboxylic acid groups (broad SMARTS) is 1. The Labute approximate surface area is 195 Å². The molecule has 33 heavy (non-hydrogen) atoms. The van der Waals surface area contributed by atoms with E-state index < -0.39 is 22.2 Å². The van der Waals surface area contributed by atoms with Crippen molar-refractivity contribution in [2.24, 2.45) is 4.99 Å². The van der Waals surface area contributed by atoms with Crippen molar-refractivity contribution in [1.29, 1.82) is 0 Å². The number of aliphatic carboxylic acids is 1. The fraction of sp³-hybridized carbons (Fsp3) is 0.174. The molecule has 8 nitrogen and oxygen atoms in total. The minimum absolute atomic E-state index is 0.368. The number of nitrogens with one attached hydrogen (secondary N) is 1. The number of sulfonamides is 1. The molecule has 1 unspecified atom stereocenters. The van der Waals surface area contributed by atoms with Gasteiger partial charge in [-0.15, -0.1) is 0 Å². The van der Waals surface area contributed by atoms with E-state index in [-0.39, 0.29) is 5.25 Å². The van der Waals surface area contributed by atoms with E-state index in [4.69, 9.17) is 11.6 Å². The lowest BCUT2D eigenvalue weighted by atomic mass is 10.0. The van der Waals surface area contributed by atoms with Gasteiger partial charge in [0.2, 0.25) is 16.2 Å². The summed E-state index contributed by atoms with van der Waals surface area (Å²) >= 11 is 6.04. The van der Waals surface area contributed by atoms with E-state index >= 15 is 0 Å². The van der Waals surface area contributed by atoms with Gasteiger partial charge in [-0.25, -0.2) is 13.2 Å². The van der Waals surface area contributed by atoms with Crippen LogP contribution in [0.5, 0.6) is 0 Å². The maximum absolute atomic E-state index is 12.5. The lowest BCUT2D eigenvalue weighted by Gasteiger charge is -2.34. The van der Waals surface area contributed by atoms with Crippen LogP contribution in [-0.4, -0.2) is 42.1 Å². The minimum Gasteiger partial charge on any atom is -0.478 e. The number of nitrogens with zero attached hydrogens (tertiary/aromatic N) is 3. The predicted molar refractivity (Wildman–Crippen MR) is 128 cm³/mol. The van der Waals surface area contributed by atoms with E-state index in [1.54, 1.807) is 53.7 Å². The van der Waals surface area contributed by atoms with Crippen molar-refractivity contribution in [3.8, 4) is 11.1 Å². The first kappa shape index (κ1) is 21.4. The molecule has 0 saturated heterocycles. The number of aliphatic imine (C=N–C) groups is 1. The third-order valence-electron chi connectivity index (χ3n) is 5.55. The molecule has 1 saturated carbocycles. The van der Waals surface area contributed by atoms with Crippen molar-refractivity contribution in [2.75, 3.05) is 9.62 Å². The average molecular weight is 483 g/mol. The number of aromatic nitrogens is 1. The van der Waals surface area contributed by atoms with Gasteiger partial charge >= 0.3 is 5.97 Å². The highest BCUT2D eigenvalue weighted by Crippen LogP contribution is 2.41. The number of carbonyl (C=O) groups is 1. The second kappa shape index (κ2) is 8.17. The SMILES string of the molecule is O=C(O)C1N=Cc2ccc(NS(=O)(=O)C3CC3)cc2N1c1ccncc1-c1ccc(Cl)cc1. The van der Waals surface area contributed by atoms with Crippen molar-refractivity contribution in [2.45, 2.75) is 24.3 Å². The highest BCUT2D eigenvalue weighted by molar-refractivity contribution is 7.93. The summed E-state index contributed by atoms with van der Waals surface area (Å²) in [5.41, 5.74) is 3.61. The Kier molecular flexibility index (Phi) is 5.30. The number of carboxylic acids is 1. The summed E-state index contributed by atoms with van der Waals surface area (Å²) in [6.07, 6.45) is 4.76. The third kappa shape index (κ3) is 4.17. The van der Waals surface area contributed by atoms with Gasteiger partial charge in [0.05, 0.1) is 22.3 Å². The Morgan fingerprint density at radius 3 is 2.55 bits per heavy atom. The zero-order chi connectivity index (χ0) is 23.2. The first-order chi connectivity index (χ1) is 15.8.